The summed E-state index contributed by atoms with van der Waals surface area (Å²) in [4.78, 5) is 11.8. The molecular weight excluding hydrogens is 257 g/mol. The van der Waals surface area contributed by atoms with Gasteiger partial charge in [0.2, 0.25) is 0 Å². The van der Waals surface area contributed by atoms with Crippen LogP contribution in [0.15, 0.2) is 36.4 Å². The summed E-state index contributed by atoms with van der Waals surface area (Å²) in [5.41, 5.74) is 5.01. The monoisotopic (exact) mass is 266 g/mol. The van der Waals surface area contributed by atoms with Gasteiger partial charge in [-0.25, -0.2) is 13.2 Å². The molecule has 0 fully saturated rings. The van der Waals surface area contributed by atoms with E-state index in [1.54, 1.807) is 0 Å². The minimum atomic E-state index is -0.979. The second-order valence-electron chi connectivity index (χ2n) is 3.81. The third-order valence-corrected chi connectivity index (χ3v) is 2.43. The lowest BCUT2D eigenvalue weighted by Gasteiger charge is -2.09. The minimum absolute atomic E-state index is 0.129. The van der Waals surface area contributed by atoms with E-state index in [-0.39, 0.29) is 16.9 Å². The maximum Gasteiger partial charge on any atom is 0.255 e. The topological polar surface area (TPSA) is 55.1 Å². The Hall–Kier alpha value is -2.50. The summed E-state index contributed by atoms with van der Waals surface area (Å²) in [6.07, 6.45) is 0. The molecule has 0 saturated heterocycles. The molecule has 3 nitrogen and oxygen atoms in total. The first-order valence-corrected chi connectivity index (χ1v) is 5.29. The molecule has 0 aromatic heterocycles. The molecule has 0 spiro atoms. The van der Waals surface area contributed by atoms with Gasteiger partial charge in [-0.05, 0) is 30.3 Å². The fraction of sp³-hybridized carbons (Fsp3) is 0. The number of hydrogen-bond donors (Lipinski definition) is 2. The molecule has 0 saturated carbocycles. The standard InChI is InChI=1S/C13H9F3N2O/c14-8-3-1-7(2-4-8)13(19)18-12-10(16)5-9(15)6-11(12)17/h1-6H,17H2,(H,18,19). The van der Waals surface area contributed by atoms with Crippen LogP contribution in [0.4, 0.5) is 24.5 Å². The summed E-state index contributed by atoms with van der Waals surface area (Å²) in [7, 11) is 0. The van der Waals surface area contributed by atoms with Crippen LogP contribution in [0.25, 0.3) is 0 Å². The van der Waals surface area contributed by atoms with Gasteiger partial charge in [0.1, 0.15) is 17.3 Å². The van der Waals surface area contributed by atoms with E-state index >= 15 is 0 Å². The first-order chi connectivity index (χ1) is 8.97. The zero-order valence-electron chi connectivity index (χ0n) is 9.58. The molecular formula is C13H9F3N2O. The number of nitrogens with one attached hydrogen (secondary N) is 1. The number of carbonyl (C=O) groups is 1. The smallest absolute Gasteiger partial charge is 0.255 e. The van der Waals surface area contributed by atoms with Crippen molar-refractivity contribution in [1.82, 2.24) is 0 Å². The first-order valence-electron chi connectivity index (χ1n) is 5.29. The van der Waals surface area contributed by atoms with Gasteiger partial charge in [-0.1, -0.05) is 0 Å². The SMILES string of the molecule is Nc1cc(F)cc(F)c1NC(=O)c1ccc(F)cc1. The first kappa shape index (κ1) is 12.9. The Kier molecular flexibility index (Phi) is 3.41. The predicted molar refractivity (Wildman–Crippen MR) is 65.1 cm³/mol. The fourth-order valence-electron chi connectivity index (χ4n) is 1.51. The van der Waals surface area contributed by atoms with Crippen LogP contribution in [-0.4, -0.2) is 5.91 Å². The van der Waals surface area contributed by atoms with Crippen molar-refractivity contribution in [3.63, 3.8) is 0 Å². The molecule has 1 amide bonds. The lowest BCUT2D eigenvalue weighted by atomic mass is 10.2. The molecule has 2 aromatic rings. The quantitative estimate of drug-likeness (QED) is 0.821. The van der Waals surface area contributed by atoms with Gasteiger partial charge in [0.15, 0.2) is 5.82 Å². The van der Waals surface area contributed by atoms with Crippen LogP contribution in [0, 0.1) is 17.5 Å². The number of carbonyl (C=O) groups excluding carboxylic acids is 1. The Morgan fingerprint density at radius 3 is 2.21 bits per heavy atom. The average molecular weight is 266 g/mol. The number of rotatable bonds is 2. The van der Waals surface area contributed by atoms with Gasteiger partial charge < -0.3 is 11.1 Å². The number of hydrogen-bond acceptors (Lipinski definition) is 2. The van der Waals surface area contributed by atoms with Crippen molar-refractivity contribution in [1.29, 1.82) is 0 Å². The van der Waals surface area contributed by atoms with Crippen molar-refractivity contribution in [2.45, 2.75) is 0 Å². The van der Waals surface area contributed by atoms with Crippen molar-refractivity contribution < 1.29 is 18.0 Å². The molecule has 0 heterocycles. The van der Waals surface area contributed by atoms with E-state index in [0.29, 0.717) is 6.07 Å². The number of benzene rings is 2. The van der Waals surface area contributed by atoms with Crippen molar-refractivity contribution in [2.75, 3.05) is 11.1 Å². The molecule has 0 aliphatic heterocycles. The third kappa shape index (κ3) is 2.85. The van der Waals surface area contributed by atoms with Crippen LogP contribution >= 0.6 is 0 Å². The molecule has 2 rings (SSSR count). The average Bonchev–Trinajstić information content (AvgIpc) is 2.34. The van der Waals surface area contributed by atoms with Crippen LogP contribution in [0.1, 0.15) is 10.4 Å². The Morgan fingerprint density at radius 2 is 1.63 bits per heavy atom. The summed E-state index contributed by atoms with van der Waals surface area (Å²) in [5.74, 6) is -2.98. The molecule has 19 heavy (non-hydrogen) atoms. The highest BCUT2D eigenvalue weighted by Gasteiger charge is 2.13. The lowest BCUT2D eigenvalue weighted by molar-refractivity contribution is 0.102. The maximum atomic E-state index is 13.5. The minimum Gasteiger partial charge on any atom is -0.397 e. The highest BCUT2D eigenvalue weighted by atomic mass is 19.1. The van der Waals surface area contributed by atoms with Gasteiger partial charge in [-0.3, -0.25) is 4.79 Å². The number of nitrogens with two attached hydrogens (primary N) is 1. The highest BCUT2D eigenvalue weighted by Crippen LogP contribution is 2.24. The predicted octanol–water partition coefficient (Wildman–Crippen LogP) is 2.94. The van der Waals surface area contributed by atoms with Crippen molar-refractivity contribution >= 4 is 17.3 Å². The number of nitrogen functional groups attached to an aromatic ring is 1. The van der Waals surface area contributed by atoms with Gasteiger partial charge in [-0.2, -0.15) is 0 Å². The summed E-state index contributed by atoms with van der Waals surface area (Å²) in [6, 6.07) is 6.17. The van der Waals surface area contributed by atoms with E-state index in [0.717, 1.165) is 18.2 Å². The van der Waals surface area contributed by atoms with E-state index in [1.165, 1.54) is 12.1 Å². The Balaban J connectivity index is 2.26. The number of halogens is 3. The van der Waals surface area contributed by atoms with Gasteiger partial charge in [-0.15, -0.1) is 0 Å². The summed E-state index contributed by atoms with van der Waals surface area (Å²) in [6.45, 7) is 0. The Labute approximate surface area is 106 Å². The second kappa shape index (κ2) is 5.01. The number of amides is 1. The van der Waals surface area contributed by atoms with Crippen molar-refractivity contribution in [3.8, 4) is 0 Å². The molecule has 0 bridgehead atoms. The van der Waals surface area contributed by atoms with Gasteiger partial charge in [0.25, 0.3) is 5.91 Å². The third-order valence-electron chi connectivity index (χ3n) is 2.43. The molecule has 2 aromatic carbocycles. The molecule has 6 heteroatoms. The van der Waals surface area contributed by atoms with E-state index in [1.807, 2.05) is 0 Å². The molecule has 0 aliphatic rings. The largest absolute Gasteiger partial charge is 0.397 e. The van der Waals surface area contributed by atoms with Crippen LogP contribution in [0.2, 0.25) is 0 Å². The Morgan fingerprint density at radius 1 is 1.00 bits per heavy atom. The van der Waals surface area contributed by atoms with Gasteiger partial charge >= 0.3 is 0 Å². The van der Waals surface area contributed by atoms with Crippen LogP contribution < -0.4 is 11.1 Å². The summed E-state index contributed by atoms with van der Waals surface area (Å²) in [5, 5.41) is 2.21. The molecule has 0 unspecified atom stereocenters. The molecule has 0 aliphatic carbocycles. The molecule has 3 N–H and O–H groups in total. The van der Waals surface area contributed by atoms with Crippen molar-refractivity contribution in [3.05, 3.63) is 59.4 Å². The second-order valence-corrected chi connectivity index (χ2v) is 3.81. The molecule has 98 valence electrons. The van der Waals surface area contributed by atoms with E-state index in [2.05, 4.69) is 5.32 Å². The number of anilines is 2. The van der Waals surface area contributed by atoms with Crippen LogP contribution in [0.3, 0.4) is 0 Å². The molecule has 0 radical (unpaired) electrons. The van der Waals surface area contributed by atoms with E-state index in [9.17, 15) is 18.0 Å². The fourth-order valence-corrected chi connectivity index (χ4v) is 1.51. The van der Waals surface area contributed by atoms with E-state index < -0.39 is 23.4 Å². The zero-order valence-corrected chi connectivity index (χ0v) is 9.58. The van der Waals surface area contributed by atoms with E-state index in [4.69, 9.17) is 5.73 Å². The van der Waals surface area contributed by atoms with Crippen molar-refractivity contribution in [2.24, 2.45) is 0 Å². The van der Waals surface area contributed by atoms with Crippen LogP contribution in [-0.2, 0) is 0 Å². The normalized spacial score (nSPS) is 10.3. The summed E-state index contributed by atoms with van der Waals surface area (Å²) >= 11 is 0. The Bertz CT molecular complexity index is 603. The highest BCUT2D eigenvalue weighted by molar-refractivity contribution is 6.05. The van der Waals surface area contributed by atoms with Crippen LogP contribution in [0.5, 0.6) is 0 Å². The van der Waals surface area contributed by atoms with Gasteiger partial charge in [0.05, 0.1) is 5.69 Å². The maximum absolute atomic E-state index is 13.5. The zero-order chi connectivity index (χ0) is 14.0. The summed E-state index contributed by atoms with van der Waals surface area (Å²) < 4.78 is 39.0. The van der Waals surface area contributed by atoms with Gasteiger partial charge in [0, 0.05) is 11.6 Å². The lowest BCUT2D eigenvalue weighted by Crippen LogP contribution is -2.14. The molecule has 0 atom stereocenters.